The van der Waals surface area contributed by atoms with E-state index in [1.165, 1.54) is 0 Å². The van der Waals surface area contributed by atoms with Crippen LogP contribution in [0.15, 0.2) is 12.5 Å². The van der Waals surface area contributed by atoms with Gasteiger partial charge in [0.25, 0.3) is 0 Å². The molecule has 1 aromatic heterocycles. The van der Waals surface area contributed by atoms with E-state index in [2.05, 4.69) is 15.3 Å². The number of aromatic nitrogens is 2. The summed E-state index contributed by atoms with van der Waals surface area (Å²) in [6, 6.07) is 0. The molecule has 0 radical (unpaired) electrons. The van der Waals surface area contributed by atoms with Gasteiger partial charge in [-0.3, -0.25) is 4.79 Å². The quantitative estimate of drug-likeness (QED) is 0.574. The molecule has 1 rings (SSSR count). The lowest BCUT2D eigenvalue weighted by molar-refractivity contribution is -0.121. The number of unbranched alkanes of at least 4 members (excludes halogenated alkanes) is 2. The van der Waals surface area contributed by atoms with E-state index >= 15 is 0 Å². The van der Waals surface area contributed by atoms with Gasteiger partial charge in [-0.25, -0.2) is 4.98 Å². The molecular weight excluding hydrogens is 192 g/mol. The predicted octanol–water partition coefficient (Wildman–Crippen LogP) is 0.545. The number of H-pyrrole nitrogens is 1. The van der Waals surface area contributed by atoms with Crippen molar-refractivity contribution in [1.29, 1.82) is 0 Å². The zero-order chi connectivity index (χ0) is 10.9. The molecule has 0 bridgehead atoms. The predicted molar refractivity (Wildman–Crippen MR) is 58.0 cm³/mol. The highest BCUT2D eigenvalue weighted by molar-refractivity contribution is 5.75. The summed E-state index contributed by atoms with van der Waals surface area (Å²) in [5.74, 6) is 0.0848. The molecule has 15 heavy (non-hydrogen) atoms. The van der Waals surface area contributed by atoms with Gasteiger partial charge in [0.2, 0.25) is 5.91 Å². The van der Waals surface area contributed by atoms with E-state index < -0.39 is 0 Å². The largest absolute Gasteiger partial charge is 0.350 e. The molecule has 0 fully saturated rings. The van der Waals surface area contributed by atoms with Crippen molar-refractivity contribution in [1.82, 2.24) is 15.3 Å². The van der Waals surface area contributed by atoms with Gasteiger partial charge in [-0.15, -0.1) is 0 Å². The van der Waals surface area contributed by atoms with Gasteiger partial charge in [0.15, 0.2) is 0 Å². The van der Waals surface area contributed by atoms with E-state index in [4.69, 9.17) is 5.73 Å². The Morgan fingerprint density at radius 2 is 2.33 bits per heavy atom. The van der Waals surface area contributed by atoms with Crippen molar-refractivity contribution in [2.24, 2.45) is 5.73 Å². The summed E-state index contributed by atoms with van der Waals surface area (Å²) in [5, 5.41) is 2.82. The second-order valence-electron chi connectivity index (χ2n) is 3.45. The third kappa shape index (κ3) is 5.17. The highest BCUT2D eigenvalue weighted by Gasteiger charge is 2.01. The average Bonchev–Trinajstić information content (AvgIpc) is 2.74. The molecule has 84 valence electrons. The summed E-state index contributed by atoms with van der Waals surface area (Å²) in [4.78, 5) is 18.1. The van der Waals surface area contributed by atoms with Crippen LogP contribution in [-0.2, 0) is 11.3 Å². The molecule has 0 atom stereocenters. The van der Waals surface area contributed by atoms with Crippen molar-refractivity contribution in [3.63, 3.8) is 0 Å². The summed E-state index contributed by atoms with van der Waals surface area (Å²) < 4.78 is 0. The van der Waals surface area contributed by atoms with Crippen molar-refractivity contribution >= 4 is 5.91 Å². The molecule has 1 amide bonds. The number of amides is 1. The van der Waals surface area contributed by atoms with Crippen LogP contribution in [0.25, 0.3) is 0 Å². The molecule has 5 nitrogen and oxygen atoms in total. The van der Waals surface area contributed by atoms with Crippen LogP contribution in [0, 0.1) is 0 Å². The Morgan fingerprint density at radius 1 is 1.47 bits per heavy atom. The summed E-state index contributed by atoms with van der Waals surface area (Å²) in [6.07, 6.45) is 6.80. The smallest absolute Gasteiger partial charge is 0.220 e. The molecule has 1 aromatic rings. The maximum absolute atomic E-state index is 11.3. The van der Waals surface area contributed by atoms with E-state index in [-0.39, 0.29) is 5.91 Å². The number of aromatic amines is 1. The van der Waals surface area contributed by atoms with E-state index in [9.17, 15) is 4.79 Å². The van der Waals surface area contributed by atoms with E-state index in [1.807, 2.05) is 0 Å². The van der Waals surface area contributed by atoms with Crippen molar-refractivity contribution in [3.05, 3.63) is 18.2 Å². The first kappa shape index (κ1) is 11.7. The minimum Gasteiger partial charge on any atom is -0.350 e. The maximum atomic E-state index is 11.3. The molecule has 0 aliphatic carbocycles. The molecule has 0 unspecified atom stereocenters. The molecule has 4 N–H and O–H groups in total. The standard InChI is InChI=1S/C10H18N4O/c11-5-3-1-2-4-10(15)13-7-9-6-12-8-14-9/h6,8H,1-5,7,11H2,(H,12,14)(H,13,15). The molecule has 5 heteroatoms. The molecule has 0 saturated heterocycles. The summed E-state index contributed by atoms with van der Waals surface area (Å²) in [7, 11) is 0. The molecule has 0 spiro atoms. The zero-order valence-electron chi connectivity index (χ0n) is 8.83. The van der Waals surface area contributed by atoms with Crippen LogP contribution in [0.5, 0.6) is 0 Å². The van der Waals surface area contributed by atoms with Gasteiger partial charge in [0.05, 0.1) is 18.6 Å². The third-order valence-electron chi connectivity index (χ3n) is 2.14. The first-order chi connectivity index (χ1) is 7.33. The van der Waals surface area contributed by atoms with Gasteiger partial charge < -0.3 is 16.0 Å². The number of carbonyl (C=O) groups is 1. The van der Waals surface area contributed by atoms with Crippen LogP contribution in [0.4, 0.5) is 0 Å². The summed E-state index contributed by atoms with van der Waals surface area (Å²) in [6.45, 7) is 1.23. The normalized spacial score (nSPS) is 10.2. The highest BCUT2D eigenvalue weighted by atomic mass is 16.1. The topological polar surface area (TPSA) is 83.8 Å². The van der Waals surface area contributed by atoms with Crippen LogP contribution < -0.4 is 11.1 Å². The minimum absolute atomic E-state index is 0.0848. The molecule has 0 aliphatic heterocycles. The molecule has 1 heterocycles. The summed E-state index contributed by atoms with van der Waals surface area (Å²) in [5.41, 5.74) is 6.28. The number of hydrogen-bond acceptors (Lipinski definition) is 3. The van der Waals surface area contributed by atoms with Gasteiger partial charge in [0.1, 0.15) is 0 Å². The van der Waals surface area contributed by atoms with Crippen LogP contribution in [0.2, 0.25) is 0 Å². The Balaban J connectivity index is 2.04. The first-order valence-corrected chi connectivity index (χ1v) is 5.27. The van der Waals surface area contributed by atoms with Crippen molar-refractivity contribution in [2.45, 2.75) is 32.2 Å². The second-order valence-corrected chi connectivity index (χ2v) is 3.45. The van der Waals surface area contributed by atoms with Gasteiger partial charge in [-0.05, 0) is 19.4 Å². The lowest BCUT2D eigenvalue weighted by Crippen LogP contribution is -2.22. The fourth-order valence-corrected chi connectivity index (χ4v) is 1.27. The van der Waals surface area contributed by atoms with Gasteiger partial charge >= 0.3 is 0 Å². The minimum atomic E-state index is 0.0848. The SMILES string of the molecule is NCCCCCC(=O)NCc1cnc[nH]1. The number of carbonyl (C=O) groups excluding carboxylic acids is 1. The highest BCUT2D eigenvalue weighted by Crippen LogP contribution is 1.98. The monoisotopic (exact) mass is 210 g/mol. The molecule has 0 saturated carbocycles. The number of rotatable bonds is 7. The zero-order valence-corrected chi connectivity index (χ0v) is 8.83. The van der Waals surface area contributed by atoms with Gasteiger partial charge in [0, 0.05) is 12.6 Å². The Bertz CT molecular complexity index is 271. The Kier molecular flexibility index (Phi) is 5.47. The Hall–Kier alpha value is -1.36. The van der Waals surface area contributed by atoms with Gasteiger partial charge in [-0.1, -0.05) is 6.42 Å². The Labute approximate surface area is 89.5 Å². The lowest BCUT2D eigenvalue weighted by Gasteiger charge is -2.02. The number of nitrogens with zero attached hydrogens (tertiary/aromatic N) is 1. The summed E-state index contributed by atoms with van der Waals surface area (Å²) >= 11 is 0. The fraction of sp³-hybridized carbons (Fsp3) is 0.600. The van der Waals surface area contributed by atoms with Crippen molar-refractivity contribution in [2.75, 3.05) is 6.54 Å². The van der Waals surface area contributed by atoms with Crippen molar-refractivity contribution < 1.29 is 4.79 Å². The lowest BCUT2D eigenvalue weighted by atomic mass is 10.2. The van der Waals surface area contributed by atoms with E-state index in [1.54, 1.807) is 12.5 Å². The Morgan fingerprint density at radius 3 is 3.00 bits per heavy atom. The van der Waals surface area contributed by atoms with Crippen LogP contribution in [0.1, 0.15) is 31.4 Å². The van der Waals surface area contributed by atoms with E-state index in [0.29, 0.717) is 19.5 Å². The number of nitrogens with two attached hydrogens (primary N) is 1. The fourth-order valence-electron chi connectivity index (χ4n) is 1.27. The van der Waals surface area contributed by atoms with Gasteiger partial charge in [-0.2, -0.15) is 0 Å². The van der Waals surface area contributed by atoms with Crippen LogP contribution in [-0.4, -0.2) is 22.4 Å². The van der Waals surface area contributed by atoms with Crippen LogP contribution >= 0.6 is 0 Å². The number of imidazole rings is 1. The molecule has 0 aliphatic rings. The maximum Gasteiger partial charge on any atom is 0.220 e. The first-order valence-electron chi connectivity index (χ1n) is 5.27. The third-order valence-corrected chi connectivity index (χ3v) is 2.14. The molecular formula is C10H18N4O. The van der Waals surface area contributed by atoms with Crippen LogP contribution in [0.3, 0.4) is 0 Å². The molecule has 0 aromatic carbocycles. The van der Waals surface area contributed by atoms with E-state index in [0.717, 1.165) is 25.0 Å². The van der Waals surface area contributed by atoms with Crippen molar-refractivity contribution in [3.8, 4) is 0 Å². The average molecular weight is 210 g/mol. The number of nitrogens with one attached hydrogen (secondary N) is 2. The number of hydrogen-bond donors (Lipinski definition) is 3. The second kappa shape index (κ2) is 7.00.